The van der Waals surface area contributed by atoms with Crippen LogP contribution in [0.5, 0.6) is 0 Å². The molecule has 1 unspecified atom stereocenters. The highest BCUT2D eigenvalue weighted by Crippen LogP contribution is 2.21. The molecule has 4 nitrogen and oxygen atoms in total. The number of likely N-dealkylation sites (tertiary alicyclic amines) is 1. The van der Waals surface area contributed by atoms with E-state index in [2.05, 4.69) is 20.8 Å². The number of rotatable bonds is 4. The highest BCUT2D eigenvalue weighted by atomic mass is 79.9. The number of halogens is 1. The van der Waals surface area contributed by atoms with Gasteiger partial charge < -0.3 is 15.7 Å². The number of benzene rings is 1. The van der Waals surface area contributed by atoms with Crippen LogP contribution in [0.15, 0.2) is 28.7 Å². The number of aliphatic hydroxyl groups is 1. The fourth-order valence-corrected chi connectivity index (χ4v) is 2.70. The molecule has 0 radical (unpaired) electrons. The van der Waals surface area contributed by atoms with Crippen LogP contribution >= 0.6 is 15.9 Å². The van der Waals surface area contributed by atoms with Gasteiger partial charge >= 0.3 is 0 Å². The Bertz CT molecular complexity index is 428. The predicted molar refractivity (Wildman–Crippen MR) is 77.5 cm³/mol. The molecule has 1 aromatic rings. The van der Waals surface area contributed by atoms with E-state index < -0.39 is 6.10 Å². The Morgan fingerprint density at radius 3 is 2.47 bits per heavy atom. The molecule has 19 heavy (non-hydrogen) atoms. The maximum absolute atomic E-state index is 11.1. The molecule has 5 heteroatoms. The normalized spacial score (nSPS) is 19.3. The van der Waals surface area contributed by atoms with E-state index in [1.165, 1.54) is 0 Å². The molecule has 1 amide bonds. The summed E-state index contributed by atoms with van der Waals surface area (Å²) in [6.07, 6.45) is 1.10. The van der Waals surface area contributed by atoms with Crippen molar-refractivity contribution in [1.29, 1.82) is 0 Å². The molecule has 104 valence electrons. The first-order valence-corrected chi connectivity index (χ1v) is 7.31. The minimum absolute atomic E-state index is 0.000994. The lowest BCUT2D eigenvalue weighted by Crippen LogP contribution is -2.40. The summed E-state index contributed by atoms with van der Waals surface area (Å²) in [6.45, 7) is 2.25. The molecule has 3 N–H and O–H groups in total. The summed E-state index contributed by atoms with van der Waals surface area (Å²) in [5.41, 5.74) is 6.22. The molecule has 0 spiro atoms. The van der Waals surface area contributed by atoms with Crippen molar-refractivity contribution >= 4 is 21.8 Å². The summed E-state index contributed by atoms with van der Waals surface area (Å²) >= 11 is 3.38. The zero-order valence-corrected chi connectivity index (χ0v) is 12.3. The number of hydrogen-bond donors (Lipinski definition) is 2. The van der Waals surface area contributed by atoms with Gasteiger partial charge in [-0.2, -0.15) is 0 Å². The number of carbonyl (C=O) groups excluding carboxylic acids is 1. The van der Waals surface area contributed by atoms with E-state index in [0.29, 0.717) is 6.54 Å². The molecule has 1 saturated heterocycles. The first-order valence-electron chi connectivity index (χ1n) is 6.51. The number of nitrogens with two attached hydrogens (primary N) is 1. The van der Waals surface area contributed by atoms with Gasteiger partial charge in [-0.1, -0.05) is 28.1 Å². The van der Waals surface area contributed by atoms with Crippen molar-refractivity contribution in [3.05, 3.63) is 34.3 Å². The van der Waals surface area contributed by atoms with E-state index >= 15 is 0 Å². The van der Waals surface area contributed by atoms with E-state index in [1.807, 2.05) is 24.3 Å². The zero-order valence-electron chi connectivity index (χ0n) is 10.8. The van der Waals surface area contributed by atoms with Gasteiger partial charge in [-0.15, -0.1) is 0 Å². The number of hydrogen-bond acceptors (Lipinski definition) is 3. The molecule has 0 bridgehead atoms. The first kappa shape index (κ1) is 14.5. The van der Waals surface area contributed by atoms with Gasteiger partial charge in [0.15, 0.2) is 0 Å². The number of amides is 1. The third-order valence-electron chi connectivity index (χ3n) is 3.68. The molecule has 1 aromatic carbocycles. The Hall–Kier alpha value is -0.910. The molecule has 1 aliphatic heterocycles. The lowest BCUT2D eigenvalue weighted by molar-refractivity contribution is -0.123. The van der Waals surface area contributed by atoms with E-state index in [-0.39, 0.29) is 11.8 Å². The minimum atomic E-state index is -0.488. The average Bonchev–Trinajstić information content (AvgIpc) is 2.40. The largest absolute Gasteiger partial charge is 0.387 e. The van der Waals surface area contributed by atoms with Crippen LogP contribution in [-0.2, 0) is 4.79 Å². The number of aliphatic hydroxyl groups excluding tert-OH is 1. The van der Waals surface area contributed by atoms with E-state index in [4.69, 9.17) is 5.73 Å². The Labute approximate surface area is 121 Å². The van der Waals surface area contributed by atoms with Gasteiger partial charge in [0.25, 0.3) is 0 Å². The van der Waals surface area contributed by atoms with Crippen LogP contribution in [0.3, 0.4) is 0 Å². The SMILES string of the molecule is NC(=O)C1CCN(CC(O)c2ccc(Br)cc2)CC1. The molecular formula is C14H19BrN2O2. The number of primary amides is 1. The van der Waals surface area contributed by atoms with Crippen molar-refractivity contribution in [3.8, 4) is 0 Å². The topological polar surface area (TPSA) is 66.6 Å². The summed E-state index contributed by atoms with van der Waals surface area (Å²) in [5.74, 6) is -0.200. The van der Waals surface area contributed by atoms with Crippen molar-refractivity contribution in [2.24, 2.45) is 11.7 Å². The maximum atomic E-state index is 11.1. The van der Waals surface area contributed by atoms with Crippen LogP contribution in [0.2, 0.25) is 0 Å². The number of nitrogens with zero attached hydrogens (tertiary/aromatic N) is 1. The molecule has 1 heterocycles. The molecular weight excluding hydrogens is 308 g/mol. The van der Waals surface area contributed by atoms with Crippen molar-refractivity contribution in [3.63, 3.8) is 0 Å². The van der Waals surface area contributed by atoms with E-state index in [0.717, 1.165) is 36.0 Å². The second kappa shape index (κ2) is 6.50. The molecule has 1 aliphatic rings. The van der Waals surface area contributed by atoms with Gasteiger partial charge in [-0.3, -0.25) is 4.79 Å². The van der Waals surface area contributed by atoms with E-state index in [9.17, 15) is 9.90 Å². The van der Waals surface area contributed by atoms with Crippen LogP contribution in [-0.4, -0.2) is 35.5 Å². The molecule has 0 saturated carbocycles. The lowest BCUT2D eigenvalue weighted by atomic mass is 9.96. The minimum Gasteiger partial charge on any atom is -0.387 e. The third-order valence-corrected chi connectivity index (χ3v) is 4.20. The van der Waals surface area contributed by atoms with Crippen molar-refractivity contribution in [2.75, 3.05) is 19.6 Å². The lowest BCUT2D eigenvalue weighted by Gasteiger charge is -2.31. The van der Waals surface area contributed by atoms with Crippen molar-refractivity contribution in [1.82, 2.24) is 4.90 Å². The summed E-state index contributed by atoms with van der Waals surface area (Å²) in [4.78, 5) is 13.3. The maximum Gasteiger partial charge on any atom is 0.220 e. The third kappa shape index (κ3) is 4.03. The van der Waals surface area contributed by atoms with Gasteiger partial charge in [0.1, 0.15) is 0 Å². The highest BCUT2D eigenvalue weighted by molar-refractivity contribution is 9.10. The summed E-state index contributed by atoms with van der Waals surface area (Å²) in [7, 11) is 0. The Morgan fingerprint density at radius 1 is 1.37 bits per heavy atom. The van der Waals surface area contributed by atoms with Gasteiger partial charge in [0.2, 0.25) is 5.91 Å². The molecule has 1 atom stereocenters. The Kier molecular flexibility index (Phi) is 4.96. The summed E-state index contributed by atoms with van der Waals surface area (Å²) in [6, 6.07) is 7.70. The van der Waals surface area contributed by atoms with Gasteiger partial charge in [-0.05, 0) is 43.6 Å². The summed E-state index contributed by atoms with van der Waals surface area (Å²) in [5, 5.41) is 10.2. The zero-order chi connectivity index (χ0) is 13.8. The first-order chi connectivity index (χ1) is 9.06. The average molecular weight is 327 g/mol. The standard InChI is InChI=1S/C14H19BrN2O2/c15-12-3-1-10(2-4-12)13(18)9-17-7-5-11(6-8-17)14(16)19/h1-4,11,13,18H,5-9H2,(H2,16,19). The monoisotopic (exact) mass is 326 g/mol. The highest BCUT2D eigenvalue weighted by Gasteiger charge is 2.24. The fraction of sp³-hybridized carbons (Fsp3) is 0.500. The van der Waals surface area contributed by atoms with Crippen molar-refractivity contribution < 1.29 is 9.90 Å². The van der Waals surface area contributed by atoms with Crippen LogP contribution in [0.4, 0.5) is 0 Å². The molecule has 0 aliphatic carbocycles. The van der Waals surface area contributed by atoms with Crippen LogP contribution in [0.1, 0.15) is 24.5 Å². The van der Waals surface area contributed by atoms with E-state index in [1.54, 1.807) is 0 Å². The van der Waals surface area contributed by atoms with Gasteiger partial charge in [0.05, 0.1) is 6.10 Å². The number of β-amino-alcohol motifs (C(OH)–C–C–N with tert-alkyl or cyclic N) is 1. The molecule has 1 fully saturated rings. The molecule has 2 rings (SSSR count). The fourth-order valence-electron chi connectivity index (χ4n) is 2.43. The molecule has 0 aromatic heterocycles. The Morgan fingerprint density at radius 2 is 1.95 bits per heavy atom. The second-order valence-electron chi connectivity index (χ2n) is 5.04. The number of carbonyl (C=O) groups is 1. The summed E-state index contributed by atoms with van der Waals surface area (Å²) < 4.78 is 1.01. The predicted octanol–water partition coefficient (Wildman–Crippen LogP) is 1.68. The number of piperidine rings is 1. The second-order valence-corrected chi connectivity index (χ2v) is 5.96. The van der Waals surface area contributed by atoms with Crippen molar-refractivity contribution in [2.45, 2.75) is 18.9 Å². The van der Waals surface area contributed by atoms with Crippen LogP contribution in [0.25, 0.3) is 0 Å². The van der Waals surface area contributed by atoms with Gasteiger partial charge in [0, 0.05) is 16.9 Å². The van der Waals surface area contributed by atoms with Gasteiger partial charge in [-0.25, -0.2) is 0 Å². The van der Waals surface area contributed by atoms with Crippen LogP contribution in [0, 0.1) is 5.92 Å². The van der Waals surface area contributed by atoms with Crippen LogP contribution < -0.4 is 5.73 Å². The smallest absolute Gasteiger partial charge is 0.220 e. The Balaban J connectivity index is 1.85. The quantitative estimate of drug-likeness (QED) is 0.884.